The molecule has 0 radical (unpaired) electrons. The number of aliphatic hydroxyl groups excluding tert-OH is 2. The number of hydrogen-bond donors (Lipinski definition) is 4. The summed E-state index contributed by atoms with van der Waals surface area (Å²) in [5.74, 6) is 0.130. The SMILES string of the molecule is Cc1cc(C2(S(=O)(=O)O)O[C@@H](Oc3ccccc3)[C@@](O)(Cl)[C@@H](O)[C@@H]2O)ccn1. The Morgan fingerprint density at radius 2 is 1.82 bits per heavy atom. The molecule has 0 bridgehead atoms. The number of aryl methyl sites for hydroxylation is 1. The molecule has 1 aromatic carbocycles. The molecule has 152 valence electrons. The molecule has 0 amide bonds. The summed E-state index contributed by atoms with van der Waals surface area (Å²) < 4.78 is 45.5. The van der Waals surface area contributed by atoms with Gasteiger partial charge in [-0.15, -0.1) is 0 Å². The Kier molecular flexibility index (Phi) is 5.40. The van der Waals surface area contributed by atoms with Gasteiger partial charge in [0.2, 0.25) is 11.4 Å². The lowest BCUT2D eigenvalue weighted by Crippen LogP contribution is -2.70. The lowest BCUT2D eigenvalue weighted by Gasteiger charge is -2.49. The zero-order valence-corrected chi connectivity index (χ0v) is 16.1. The van der Waals surface area contributed by atoms with Crippen LogP contribution in [0.25, 0.3) is 0 Å². The van der Waals surface area contributed by atoms with E-state index in [0.29, 0.717) is 5.69 Å². The van der Waals surface area contributed by atoms with Gasteiger partial charge in [0.1, 0.15) is 18.0 Å². The summed E-state index contributed by atoms with van der Waals surface area (Å²) in [7, 11) is -5.22. The maximum atomic E-state index is 12.3. The van der Waals surface area contributed by atoms with Crippen LogP contribution in [-0.4, -0.2) is 56.8 Å². The largest absolute Gasteiger partial charge is 0.460 e. The Bertz CT molecular complexity index is 955. The first-order valence-corrected chi connectivity index (χ1v) is 9.89. The van der Waals surface area contributed by atoms with Crippen molar-refractivity contribution >= 4 is 21.7 Å². The molecule has 2 heterocycles. The molecule has 9 nitrogen and oxygen atoms in total. The van der Waals surface area contributed by atoms with E-state index in [4.69, 9.17) is 21.1 Å². The fraction of sp³-hybridized carbons (Fsp3) is 0.353. The van der Waals surface area contributed by atoms with Crippen LogP contribution in [0.4, 0.5) is 0 Å². The quantitative estimate of drug-likeness (QED) is 0.401. The first kappa shape index (κ1) is 20.9. The molecule has 1 unspecified atom stereocenters. The van der Waals surface area contributed by atoms with E-state index in [1.807, 2.05) is 0 Å². The number of para-hydroxylation sites is 1. The van der Waals surface area contributed by atoms with Gasteiger partial charge in [-0.2, -0.15) is 8.42 Å². The zero-order chi connectivity index (χ0) is 20.7. The Labute approximate surface area is 165 Å². The molecule has 5 atom stereocenters. The van der Waals surface area contributed by atoms with E-state index in [1.165, 1.54) is 30.5 Å². The first-order valence-electron chi connectivity index (χ1n) is 8.07. The Morgan fingerprint density at radius 3 is 2.39 bits per heavy atom. The molecule has 1 saturated heterocycles. The molecule has 1 aromatic heterocycles. The molecule has 4 N–H and O–H groups in total. The smallest absolute Gasteiger partial charge is 0.302 e. The number of nitrogens with zero attached hydrogens (tertiary/aromatic N) is 1. The van der Waals surface area contributed by atoms with E-state index in [-0.39, 0.29) is 11.3 Å². The highest BCUT2D eigenvalue weighted by Crippen LogP contribution is 2.47. The van der Waals surface area contributed by atoms with Gasteiger partial charge in [-0.05, 0) is 31.2 Å². The molecule has 2 aromatic rings. The highest BCUT2D eigenvalue weighted by Gasteiger charge is 2.68. The third-order valence-electron chi connectivity index (χ3n) is 4.38. The Hall–Kier alpha value is -1.79. The molecule has 0 saturated carbocycles. The van der Waals surface area contributed by atoms with Crippen molar-refractivity contribution in [3.8, 4) is 5.75 Å². The van der Waals surface area contributed by atoms with Crippen LogP contribution in [0.1, 0.15) is 11.3 Å². The van der Waals surface area contributed by atoms with Gasteiger partial charge in [0, 0.05) is 17.5 Å². The minimum absolute atomic E-state index is 0.130. The normalized spacial score (nSPS) is 33.4. The van der Waals surface area contributed by atoms with Gasteiger partial charge < -0.3 is 24.8 Å². The second-order valence-corrected chi connectivity index (χ2v) is 8.49. The van der Waals surface area contributed by atoms with Crippen molar-refractivity contribution in [2.75, 3.05) is 0 Å². The van der Waals surface area contributed by atoms with Crippen molar-refractivity contribution in [2.24, 2.45) is 0 Å². The van der Waals surface area contributed by atoms with Gasteiger partial charge in [-0.1, -0.05) is 29.8 Å². The Balaban J connectivity index is 2.16. The number of pyridine rings is 1. The van der Waals surface area contributed by atoms with Gasteiger partial charge in [-0.25, -0.2) is 0 Å². The molecular weight excluding hydrogens is 414 g/mol. The number of aliphatic hydroxyl groups is 3. The summed E-state index contributed by atoms with van der Waals surface area (Å²) in [4.78, 5) is 1.04. The van der Waals surface area contributed by atoms with Crippen LogP contribution in [0.15, 0.2) is 48.7 Å². The molecule has 3 rings (SSSR count). The van der Waals surface area contributed by atoms with Crippen molar-refractivity contribution in [3.05, 3.63) is 59.9 Å². The highest BCUT2D eigenvalue weighted by atomic mass is 35.5. The van der Waals surface area contributed by atoms with Crippen LogP contribution < -0.4 is 4.74 Å². The molecule has 0 spiro atoms. The molecule has 1 aliphatic rings. The van der Waals surface area contributed by atoms with Gasteiger partial charge in [-0.3, -0.25) is 9.54 Å². The Morgan fingerprint density at radius 1 is 1.18 bits per heavy atom. The number of halogens is 1. The van der Waals surface area contributed by atoms with Gasteiger partial charge in [0.25, 0.3) is 4.93 Å². The van der Waals surface area contributed by atoms with Gasteiger partial charge in [0.15, 0.2) is 0 Å². The maximum absolute atomic E-state index is 12.3. The molecule has 1 fully saturated rings. The van der Waals surface area contributed by atoms with E-state index in [9.17, 15) is 28.3 Å². The first-order chi connectivity index (χ1) is 13.0. The summed E-state index contributed by atoms with van der Waals surface area (Å²) in [6.07, 6.45) is -5.38. The number of hydrogen-bond acceptors (Lipinski definition) is 8. The van der Waals surface area contributed by atoms with Gasteiger partial charge >= 0.3 is 10.1 Å². The fourth-order valence-corrected chi connectivity index (χ4v) is 4.25. The summed E-state index contributed by atoms with van der Waals surface area (Å²) in [6, 6.07) is 10.2. The minimum atomic E-state index is -5.22. The second kappa shape index (κ2) is 7.23. The van der Waals surface area contributed by atoms with Crippen LogP contribution >= 0.6 is 11.6 Å². The second-order valence-electron chi connectivity index (χ2n) is 6.33. The predicted octanol–water partition coefficient (Wildman–Crippen LogP) is 0.515. The van der Waals surface area contributed by atoms with E-state index in [1.54, 1.807) is 25.1 Å². The lowest BCUT2D eigenvalue weighted by atomic mass is 9.92. The van der Waals surface area contributed by atoms with Crippen LogP contribution in [-0.2, 0) is 19.8 Å². The maximum Gasteiger partial charge on any atom is 0.302 e. The topological polar surface area (TPSA) is 146 Å². The van der Waals surface area contributed by atoms with Crippen LogP contribution in [0.3, 0.4) is 0 Å². The fourth-order valence-electron chi connectivity index (χ4n) is 2.97. The summed E-state index contributed by atoms with van der Waals surface area (Å²) in [5.41, 5.74) is 0.112. The van der Waals surface area contributed by atoms with E-state index >= 15 is 0 Å². The standard InChI is InChI=1S/C17H18ClNO8S/c1-10-9-11(7-8-19-10)17(28(23,24)25)14(21)13(20)16(18,22)15(27-17)26-12-5-3-2-4-6-12/h2-9,13-15,20-22H,1H3,(H,23,24,25)/t13-,14-,15+,16+,17?/m0/s1. The predicted molar refractivity (Wildman–Crippen MR) is 97.0 cm³/mol. The molecule has 11 heteroatoms. The third-order valence-corrected chi connectivity index (χ3v) is 6.13. The molecular formula is C17H18ClNO8S. The average Bonchev–Trinajstić information content (AvgIpc) is 2.62. The summed E-state index contributed by atoms with van der Waals surface area (Å²) in [5, 5.41) is 28.7. The van der Waals surface area contributed by atoms with Crippen molar-refractivity contribution in [2.45, 2.75) is 35.4 Å². The monoisotopic (exact) mass is 431 g/mol. The van der Waals surface area contributed by atoms with Crippen molar-refractivity contribution in [1.82, 2.24) is 4.98 Å². The van der Waals surface area contributed by atoms with Crippen LogP contribution in [0.5, 0.6) is 5.75 Å². The van der Waals surface area contributed by atoms with Crippen molar-refractivity contribution in [3.63, 3.8) is 0 Å². The number of benzene rings is 1. The molecule has 0 aliphatic carbocycles. The number of rotatable bonds is 4. The van der Waals surface area contributed by atoms with E-state index in [0.717, 1.165) is 0 Å². The minimum Gasteiger partial charge on any atom is -0.460 e. The lowest BCUT2D eigenvalue weighted by molar-refractivity contribution is -0.306. The molecule has 28 heavy (non-hydrogen) atoms. The summed E-state index contributed by atoms with van der Waals surface area (Å²) in [6.45, 7) is 1.54. The van der Waals surface area contributed by atoms with Gasteiger partial charge in [0.05, 0.1) is 0 Å². The molecule has 1 aliphatic heterocycles. The highest BCUT2D eigenvalue weighted by molar-refractivity contribution is 7.86. The average molecular weight is 432 g/mol. The zero-order valence-electron chi connectivity index (χ0n) is 14.5. The number of aromatic nitrogens is 1. The van der Waals surface area contributed by atoms with Crippen molar-refractivity contribution in [1.29, 1.82) is 0 Å². The number of alkyl halides is 1. The van der Waals surface area contributed by atoms with Crippen LogP contribution in [0, 0.1) is 6.92 Å². The number of ether oxygens (including phenoxy) is 2. The van der Waals surface area contributed by atoms with E-state index in [2.05, 4.69) is 4.98 Å². The van der Waals surface area contributed by atoms with Crippen molar-refractivity contribution < 1.29 is 37.8 Å². The third kappa shape index (κ3) is 3.37. The summed E-state index contributed by atoms with van der Waals surface area (Å²) >= 11 is 5.94. The van der Waals surface area contributed by atoms with Crippen LogP contribution in [0.2, 0.25) is 0 Å². The van der Waals surface area contributed by atoms with E-state index < -0.39 is 38.6 Å².